The fourth-order valence-corrected chi connectivity index (χ4v) is 1.85. The molecule has 0 radical (unpaired) electrons. The van der Waals surface area contributed by atoms with Gasteiger partial charge in [0.15, 0.2) is 5.65 Å². The van der Waals surface area contributed by atoms with Crippen molar-refractivity contribution < 1.29 is 0 Å². The Morgan fingerprint density at radius 3 is 3.18 bits per heavy atom. The molecule has 0 saturated heterocycles. The van der Waals surface area contributed by atoms with Gasteiger partial charge in [-0.15, -0.1) is 5.10 Å². The summed E-state index contributed by atoms with van der Waals surface area (Å²) in [7, 11) is 0. The topological polar surface area (TPSA) is 83.8 Å². The smallest absolute Gasteiger partial charge is 0.243 e. The van der Waals surface area contributed by atoms with Crippen molar-refractivity contribution in [3.63, 3.8) is 0 Å². The highest BCUT2D eigenvalue weighted by Crippen LogP contribution is 2.16. The highest BCUT2D eigenvalue weighted by molar-refractivity contribution is 9.10. The van der Waals surface area contributed by atoms with Crippen LogP contribution in [-0.2, 0) is 6.54 Å². The molecule has 0 aliphatic carbocycles. The number of halogens is 1. The van der Waals surface area contributed by atoms with Crippen molar-refractivity contribution in [2.24, 2.45) is 0 Å². The van der Waals surface area contributed by atoms with Crippen LogP contribution in [0.3, 0.4) is 0 Å². The van der Waals surface area contributed by atoms with Gasteiger partial charge in [0.25, 0.3) is 0 Å². The molecule has 0 amide bonds. The Hall–Kier alpha value is -1.96. The lowest BCUT2D eigenvalue weighted by Gasteiger charge is -1.95. The quantitative estimate of drug-likeness (QED) is 0.759. The molecule has 0 aliphatic rings. The summed E-state index contributed by atoms with van der Waals surface area (Å²) in [6.07, 6.45) is 3.30. The first kappa shape index (κ1) is 10.2. The molecule has 0 spiro atoms. The van der Waals surface area contributed by atoms with Crippen LogP contribution in [0.5, 0.6) is 0 Å². The molecular formula is C9H8BrN7. The van der Waals surface area contributed by atoms with Crippen LogP contribution in [0.1, 0.15) is 5.82 Å². The van der Waals surface area contributed by atoms with E-state index in [1.165, 1.54) is 6.33 Å². The number of hydrogen-bond acceptors (Lipinski definition) is 5. The minimum absolute atomic E-state index is 0.508. The fourth-order valence-electron chi connectivity index (χ4n) is 1.43. The largest absolute Gasteiger partial charge is 0.346 e. The van der Waals surface area contributed by atoms with Gasteiger partial charge in [0.1, 0.15) is 12.2 Å². The molecule has 0 atom stereocenters. The maximum absolute atomic E-state index is 4.34. The molecule has 0 saturated carbocycles. The van der Waals surface area contributed by atoms with Gasteiger partial charge < -0.3 is 5.32 Å². The standard InChI is InChI=1S/C9H8BrN7/c10-6-2-1-3-17-8(6)14-9(16-17)11-4-7-12-5-13-15-7/h1-3,5H,4H2,(H,11,16)(H,12,13,15). The van der Waals surface area contributed by atoms with Gasteiger partial charge in [0.2, 0.25) is 5.95 Å². The second-order valence-corrected chi connectivity index (χ2v) is 4.20. The molecule has 0 bridgehead atoms. The van der Waals surface area contributed by atoms with E-state index in [1.807, 2.05) is 18.3 Å². The summed E-state index contributed by atoms with van der Waals surface area (Å²) >= 11 is 3.42. The second-order valence-electron chi connectivity index (χ2n) is 3.35. The molecule has 0 fully saturated rings. The monoisotopic (exact) mass is 293 g/mol. The maximum Gasteiger partial charge on any atom is 0.243 e. The van der Waals surface area contributed by atoms with Crippen LogP contribution in [0.2, 0.25) is 0 Å². The Balaban J connectivity index is 1.84. The van der Waals surface area contributed by atoms with Crippen LogP contribution in [0, 0.1) is 0 Å². The van der Waals surface area contributed by atoms with Gasteiger partial charge >= 0.3 is 0 Å². The van der Waals surface area contributed by atoms with Gasteiger partial charge in [-0.25, -0.2) is 9.50 Å². The first-order valence-electron chi connectivity index (χ1n) is 4.92. The SMILES string of the molecule is Brc1cccn2nc(NCc3ncn[nH]3)nc12. The predicted molar refractivity (Wildman–Crippen MR) is 64.4 cm³/mol. The highest BCUT2D eigenvalue weighted by atomic mass is 79.9. The van der Waals surface area contributed by atoms with Crippen molar-refractivity contribution >= 4 is 27.5 Å². The first-order chi connectivity index (χ1) is 8.33. The number of nitrogens with zero attached hydrogens (tertiary/aromatic N) is 5. The summed E-state index contributed by atoms with van der Waals surface area (Å²) in [5.41, 5.74) is 0.771. The fraction of sp³-hybridized carbons (Fsp3) is 0.111. The molecule has 7 nitrogen and oxygen atoms in total. The molecule has 3 heterocycles. The number of hydrogen-bond donors (Lipinski definition) is 2. The Morgan fingerprint density at radius 1 is 1.47 bits per heavy atom. The zero-order chi connectivity index (χ0) is 11.7. The van der Waals surface area contributed by atoms with E-state index in [1.54, 1.807) is 4.52 Å². The lowest BCUT2D eigenvalue weighted by molar-refractivity contribution is 0.916. The van der Waals surface area contributed by atoms with Crippen LogP contribution in [0.25, 0.3) is 5.65 Å². The van der Waals surface area contributed by atoms with E-state index in [2.05, 4.69) is 46.5 Å². The Labute approximate surface area is 104 Å². The van der Waals surface area contributed by atoms with Crippen LogP contribution in [0.15, 0.2) is 29.1 Å². The normalized spacial score (nSPS) is 10.9. The van der Waals surface area contributed by atoms with Gasteiger partial charge in [0, 0.05) is 6.20 Å². The third kappa shape index (κ3) is 1.98. The summed E-state index contributed by atoms with van der Waals surface area (Å²) in [6, 6.07) is 3.82. The highest BCUT2D eigenvalue weighted by Gasteiger charge is 2.06. The van der Waals surface area contributed by atoms with Crippen molar-refractivity contribution in [2.45, 2.75) is 6.54 Å². The number of H-pyrrole nitrogens is 1. The van der Waals surface area contributed by atoms with Gasteiger partial charge in [0.05, 0.1) is 11.0 Å². The van der Waals surface area contributed by atoms with E-state index in [4.69, 9.17) is 0 Å². The van der Waals surface area contributed by atoms with E-state index in [-0.39, 0.29) is 0 Å². The summed E-state index contributed by atoms with van der Waals surface area (Å²) in [5, 5.41) is 13.9. The van der Waals surface area contributed by atoms with Gasteiger partial charge in [-0.2, -0.15) is 10.1 Å². The average Bonchev–Trinajstić information content (AvgIpc) is 2.95. The van der Waals surface area contributed by atoms with Crippen molar-refractivity contribution in [2.75, 3.05) is 5.32 Å². The molecule has 0 unspecified atom stereocenters. The van der Waals surface area contributed by atoms with E-state index in [0.29, 0.717) is 12.5 Å². The number of fused-ring (bicyclic) bond motifs is 1. The Morgan fingerprint density at radius 2 is 2.41 bits per heavy atom. The zero-order valence-corrected chi connectivity index (χ0v) is 10.2. The molecule has 8 heteroatoms. The molecule has 3 aromatic rings. The Bertz CT molecular complexity index is 630. The first-order valence-corrected chi connectivity index (χ1v) is 5.71. The molecule has 2 N–H and O–H groups in total. The van der Waals surface area contributed by atoms with Crippen LogP contribution < -0.4 is 5.32 Å². The van der Waals surface area contributed by atoms with Crippen LogP contribution in [-0.4, -0.2) is 29.8 Å². The number of aromatic amines is 1. The van der Waals surface area contributed by atoms with Crippen molar-refractivity contribution in [1.29, 1.82) is 0 Å². The van der Waals surface area contributed by atoms with Gasteiger partial charge in [-0.3, -0.25) is 5.10 Å². The summed E-state index contributed by atoms with van der Waals surface area (Å²) in [6.45, 7) is 0.508. The molecule has 17 heavy (non-hydrogen) atoms. The lowest BCUT2D eigenvalue weighted by Crippen LogP contribution is -2.02. The number of pyridine rings is 1. The summed E-state index contributed by atoms with van der Waals surface area (Å²) in [5.74, 6) is 1.29. The van der Waals surface area contributed by atoms with E-state index in [9.17, 15) is 0 Å². The van der Waals surface area contributed by atoms with E-state index < -0.39 is 0 Å². The summed E-state index contributed by atoms with van der Waals surface area (Å²) in [4.78, 5) is 8.35. The molecule has 0 aromatic carbocycles. The van der Waals surface area contributed by atoms with Crippen molar-refractivity contribution in [1.82, 2.24) is 29.8 Å². The Kier molecular flexibility index (Phi) is 2.48. The summed E-state index contributed by atoms with van der Waals surface area (Å²) < 4.78 is 2.60. The minimum Gasteiger partial charge on any atom is -0.346 e. The molecular weight excluding hydrogens is 286 g/mol. The van der Waals surface area contributed by atoms with Gasteiger partial charge in [-0.05, 0) is 28.1 Å². The predicted octanol–water partition coefficient (Wildman–Crippen LogP) is 1.22. The van der Waals surface area contributed by atoms with E-state index >= 15 is 0 Å². The van der Waals surface area contributed by atoms with Crippen LogP contribution in [0.4, 0.5) is 5.95 Å². The number of aromatic nitrogens is 6. The van der Waals surface area contributed by atoms with Crippen molar-refractivity contribution in [3.05, 3.63) is 35.0 Å². The zero-order valence-electron chi connectivity index (χ0n) is 8.63. The minimum atomic E-state index is 0.508. The maximum atomic E-state index is 4.34. The number of anilines is 1. The van der Waals surface area contributed by atoms with Gasteiger partial charge in [-0.1, -0.05) is 0 Å². The average molecular weight is 294 g/mol. The molecule has 3 aromatic heterocycles. The van der Waals surface area contributed by atoms with Crippen molar-refractivity contribution in [3.8, 4) is 0 Å². The third-order valence-electron chi connectivity index (χ3n) is 2.19. The number of nitrogens with one attached hydrogen (secondary N) is 2. The van der Waals surface area contributed by atoms with Crippen LogP contribution >= 0.6 is 15.9 Å². The second kappa shape index (κ2) is 4.13. The van der Waals surface area contributed by atoms with E-state index in [0.717, 1.165) is 15.9 Å². The molecule has 86 valence electrons. The third-order valence-corrected chi connectivity index (χ3v) is 2.81. The number of rotatable bonds is 3. The molecule has 3 rings (SSSR count). The molecule has 0 aliphatic heterocycles. The lowest BCUT2D eigenvalue weighted by atomic mass is 10.5.